The fraction of sp³-hybridized carbons (Fsp3) is 0.355. The van der Waals surface area contributed by atoms with Crippen LogP contribution in [0.1, 0.15) is 67.9 Å². The van der Waals surface area contributed by atoms with Crippen LogP contribution in [0.3, 0.4) is 0 Å². The van der Waals surface area contributed by atoms with Crippen molar-refractivity contribution in [3.8, 4) is 23.3 Å². The van der Waals surface area contributed by atoms with Crippen molar-refractivity contribution in [3.63, 3.8) is 0 Å². The number of hydrogen-bond acceptors (Lipinski definition) is 7. The van der Waals surface area contributed by atoms with Crippen molar-refractivity contribution in [1.29, 1.82) is 5.26 Å². The number of alkyl carbamates (subject to hydrolysis) is 1. The van der Waals surface area contributed by atoms with Gasteiger partial charge in [-0.2, -0.15) is 5.26 Å². The molecule has 0 atom stereocenters. The van der Waals surface area contributed by atoms with Crippen LogP contribution in [-0.4, -0.2) is 34.7 Å². The van der Waals surface area contributed by atoms with Crippen LogP contribution in [0.15, 0.2) is 65.4 Å². The fourth-order valence-corrected chi connectivity index (χ4v) is 4.60. The minimum atomic E-state index is -0.550. The summed E-state index contributed by atoms with van der Waals surface area (Å²) in [6.45, 7) is 5.75. The number of carbonyl (C=O) groups is 2. The first-order valence-corrected chi connectivity index (χ1v) is 14.2. The van der Waals surface area contributed by atoms with E-state index < -0.39 is 11.7 Å². The largest absolute Gasteiger partial charge is 0.489 e. The summed E-state index contributed by atoms with van der Waals surface area (Å²) in [6, 6.07) is 17.6. The molecule has 1 aliphatic rings. The van der Waals surface area contributed by atoms with Gasteiger partial charge in [0.25, 0.3) is 5.91 Å². The third kappa shape index (κ3) is 9.50. The van der Waals surface area contributed by atoms with Gasteiger partial charge in [0.05, 0.1) is 11.6 Å². The van der Waals surface area contributed by atoms with Gasteiger partial charge >= 0.3 is 6.09 Å². The van der Waals surface area contributed by atoms with Crippen LogP contribution in [-0.2, 0) is 11.3 Å². The zero-order chi connectivity index (χ0) is 29.4. The van der Waals surface area contributed by atoms with Gasteiger partial charge in [-0.05, 0) is 105 Å². The van der Waals surface area contributed by atoms with E-state index in [4.69, 9.17) is 19.5 Å². The number of amides is 2. The maximum atomic E-state index is 13.3. The number of nitrogens with one attached hydrogen (secondary N) is 2. The number of nitrogens with zero attached hydrogens (tertiary/aromatic N) is 2. The Morgan fingerprint density at radius 3 is 2.22 bits per heavy atom. The summed E-state index contributed by atoms with van der Waals surface area (Å²) in [5, 5.41) is 15.1. The highest BCUT2D eigenvalue weighted by Gasteiger charge is 2.26. The van der Waals surface area contributed by atoms with Crippen molar-refractivity contribution < 1.29 is 23.8 Å². The van der Waals surface area contributed by atoms with Crippen LogP contribution < -0.4 is 20.1 Å². The normalized spacial score (nSPS) is 16.7. The molecule has 3 aromatic rings. The molecular weight excluding hydrogens is 588 g/mol. The van der Waals surface area contributed by atoms with E-state index in [2.05, 4.69) is 37.6 Å². The van der Waals surface area contributed by atoms with E-state index in [0.29, 0.717) is 28.4 Å². The number of aromatic nitrogens is 1. The molecule has 0 saturated heterocycles. The van der Waals surface area contributed by atoms with Gasteiger partial charge < -0.3 is 24.8 Å². The molecule has 0 unspecified atom stereocenters. The molecule has 41 heavy (non-hydrogen) atoms. The van der Waals surface area contributed by atoms with Crippen LogP contribution >= 0.6 is 15.9 Å². The van der Waals surface area contributed by atoms with E-state index >= 15 is 0 Å². The van der Waals surface area contributed by atoms with Gasteiger partial charge in [-0.3, -0.25) is 4.79 Å². The monoisotopic (exact) mass is 620 g/mol. The van der Waals surface area contributed by atoms with Crippen molar-refractivity contribution in [3.05, 3.63) is 82.1 Å². The Morgan fingerprint density at radius 1 is 0.951 bits per heavy atom. The van der Waals surface area contributed by atoms with E-state index in [9.17, 15) is 9.59 Å². The molecule has 0 aliphatic heterocycles. The van der Waals surface area contributed by atoms with Crippen molar-refractivity contribution in [2.24, 2.45) is 0 Å². The molecule has 1 aromatic heterocycles. The quantitative estimate of drug-likeness (QED) is 0.270. The molecule has 1 aliphatic carbocycles. The molecule has 1 fully saturated rings. The molecule has 2 aromatic carbocycles. The Morgan fingerprint density at radius 2 is 1.61 bits per heavy atom. The van der Waals surface area contributed by atoms with Crippen LogP contribution in [0, 0.1) is 11.3 Å². The highest BCUT2D eigenvalue weighted by molar-refractivity contribution is 9.10. The standard InChI is InChI=1S/C31H33BrN4O5/c1-31(2,3)41-30(38)36-24-9-7-23(8-10-24)35-29(37)22-14-26(39-19-21-6-13-28(32)34-18-21)16-27(15-22)40-25-11-4-20(17-33)5-12-25/h4-6,11-16,18,23-24H,7-10,19H2,1-3H3,(H,35,37)(H,36,38). The summed E-state index contributed by atoms with van der Waals surface area (Å²) in [6.07, 6.45) is 4.23. The Balaban J connectivity index is 1.42. The van der Waals surface area contributed by atoms with Crippen molar-refractivity contribution in [2.45, 2.75) is 70.7 Å². The van der Waals surface area contributed by atoms with E-state index in [1.165, 1.54) is 0 Å². The summed E-state index contributed by atoms with van der Waals surface area (Å²) in [4.78, 5) is 29.6. The van der Waals surface area contributed by atoms with Crippen LogP contribution in [0.25, 0.3) is 0 Å². The zero-order valence-electron chi connectivity index (χ0n) is 23.3. The highest BCUT2D eigenvalue weighted by Crippen LogP contribution is 2.29. The average molecular weight is 622 g/mol. The van der Waals surface area contributed by atoms with Gasteiger partial charge in [0.15, 0.2) is 0 Å². The number of carbonyl (C=O) groups excluding carboxylic acids is 2. The first-order valence-electron chi connectivity index (χ1n) is 13.4. The van der Waals surface area contributed by atoms with E-state index in [0.717, 1.165) is 35.8 Å². The van der Waals surface area contributed by atoms with Gasteiger partial charge in [0.1, 0.15) is 34.1 Å². The molecule has 10 heteroatoms. The van der Waals surface area contributed by atoms with Crippen molar-refractivity contribution in [1.82, 2.24) is 15.6 Å². The molecule has 4 rings (SSSR count). The lowest BCUT2D eigenvalue weighted by Crippen LogP contribution is -2.45. The van der Waals surface area contributed by atoms with Gasteiger partial charge in [0, 0.05) is 35.5 Å². The SMILES string of the molecule is CC(C)(C)OC(=O)NC1CCC(NC(=O)c2cc(OCc3ccc(Br)nc3)cc(Oc3ccc(C#N)cc3)c2)CC1. The van der Waals surface area contributed by atoms with Crippen LogP contribution in [0.5, 0.6) is 17.2 Å². The summed E-state index contributed by atoms with van der Waals surface area (Å²) in [5.74, 6) is 1.18. The van der Waals surface area contributed by atoms with Crippen molar-refractivity contribution in [2.75, 3.05) is 0 Å². The van der Waals surface area contributed by atoms with Gasteiger partial charge in [-0.25, -0.2) is 9.78 Å². The third-order valence-corrected chi connectivity index (χ3v) is 6.81. The molecule has 214 valence electrons. The third-order valence-electron chi connectivity index (χ3n) is 6.34. The topological polar surface area (TPSA) is 123 Å². The van der Waals surface area contributed by atoms with Crippen molar-refractivity contribution >= 4 is 27.9 Å². The molecular formula is C31H33BrN4O5. The van der Waals surface area contributed by atoms with E-state index in [-0.39, 0.29) is 24.6 Å². The van der Waals surface area contributed by atoms with E-state index in [1.54, 1.807) is 48.7 Å². The van der Waals surface area contributed by atoms with E-state index in [1.807, 2.05) is 32.9 Å². The lowest BCUT2D eigenvalue weighted by atomic mass is 9.91. The smallest absolute Gasteiger partial charge is 0.407 e. The number of hydrogen-bond donors (Lipinski definition) is 2. The summed E-state index contributed by atoms with van der Waals surface area (Å²) >= 11 is 3.33. The first kappa shape index (κ1) is 29.9. The number of halogens is 1. The lowest BCUT2D eigenvalue weighted by Gasteiger charge is -2.30. The highest BCUT2D eigenvalue weighted by atomic mass is 79.9. The van der Waals surface area contributed by atoms with Gasteiger partial charge in [-0.15, -0.1) is 0 Å². The predicted octanol–water partition coefficient (Wildman–Crippen LogP) is 6.65. The Kier molecular flexibility index (Phi) is 9.84. The Bertz CT molecular complexity index is 1390. The minimum Gasteiger partial charge on any atom is -0.489 e. The summed E-state index contributed by atoms with van der Waals surface area (Å²) in [7, 11) is 0. The summed E-state index contributed by atoms with van der Waals surface area (Å²) in [5.41, 5.74) is 1.24. The number of pyridine rings is 1. The molecule has 9 nitrogen and oxygen atoms in total. The number of benzene rings is 2. The number of nitriles is 1. The molecule has 0 radical (unpaired) electrons. The second-order valence-electron chi connectivity index (χ2n) is 10.9. The minimum absolute atomic E-state index is 0.00949. The molecule has 2 N–H and O–H groups in total. The second-order valence-corrected chi connectivity index (χ2v) is 11.7. The van der Waals surface area contributed by atoms with Crippen LogP contribution in [0.2, 0.25) is 0 Å². The first-order chi connectivity index (χ1) is 19.6. The Hall–Kier alpha value is -4.10. The predicted molar refractivity (Wildman–Crippen MR) is 157 cm³/mol. The molecule has 1 saturated carbocycles. The average Bonchev–Trinajstić information content (AvgIpc) is 2.93. The molecule has 1 heterocycles. The van der Waals surface area contributed by atoms with Gasteiger partial charge in [-0.1, -0.05) is 6.07 Å². The Labute approximate surface area is 248 Å². The number of ether oxygens (including phenoxy) is 3. The maximum absolute atomic E-state index is 13.3. The number of rotatable bonds is 8. The molecule has 0 spiro atoms. The maximum Gasteiger partial charge on any atom is 0.407 e. The van der Waals surface area contributed by atoms with Crippen LogP contribution in [0.4, 0.5) is 4.79 Å². The lowest BCUT2D eigenvalue weighted by molar-refractivity contribution is 0.0488. The molecule has 2 amide bonds. The fourth-order valence-electron chi connectivity index (χ4n) is 4.36. The second kappa shape index (κ2) is 13.5. The zero-order valence-corrected chi connectivity index (χ0v) is 24.9. The van der Waals surface area contributed by atoms with Gasteiger partial charge in [0.2, 0.25) is 0 Å². The summed E-state index contributed by atoms with van der Waals surface area (Å²) < 4.78 is 18.1. The molecule has 0 bridgehead atoms.